The van der Waals surface area contributed by atoms with Crippen LogP contribution in [0.5, 0.6) is 5.75 Å². The molecule has 1 aromatic carbocycles. The molecule has 0 aliphatic carbocycles. The Labute approximate surface area is 127 Å². The summed E-state index contributed by atoms with van der Waals surface area (Å²) in [6.45, 7) is 8.26. The molecule has 0 unspecified atom stereocenters. The second-order valence-corrected chi connectivity index (χ2v) is 7.85. The van der Waals surface area contributed by atoms with Crippen molar-refractivity contribution in [3.63, 3.8) is 0 Å². The fourth-order valence-corrected chi connectivity index (χ4v) is 3.03. The lowest BCUT2D eigenvalue weighted by Crippen LogP contribution is -2.37. The molecule has 0 aromatic heterocycles. The van der Waals surface area contributed by atoms with Crippen molar-refractivity contribution in [1.82, 2.24) is 4.72 Å². The van der Waals surface area contributed by atoms with Gasteiger partial charge >= 0.3 is 0 Å². The molecule has 0 spiro atoms. The van der Waals surface area contributed by atoms with Gasteiger partial charge in [-0.15, -0.1) is 0 Å². The van der Waals surface area contributed by atoms with Gasteiger partial charge in [-0.25, -0.2) is 13.1 Å². The van der Waals surface area contributed by atoms with Crippen LogP contribution in [0.15, 0.2) is 23.1 Å². The Morgan fingerprint density at radius 1 is 1.33 bits per heavy atom. The molecular formula is C15H25NO4S. The highest BCUT2D eigenvalue weighted by atomic mass is 32.2. The average molecular weight is 315 g/mol. The van der Waals surface area contributed by atoms with Crippen molar-refractivity contribution in [3.8, 4) is 5.75 Å². The zero-order valence-electron chi connectivity index (χ0n) is 13.3. The van der Waals surface area contributed by atoms with Crippen LogP contribution in [-0.2, 0) is 16.6 Å². The molecule has 1 rings (SSSR count). The molecule has 0 heterocycles. The third-order valence-electron chi connectivity index (χ3n) is 3.98. The highest BCUT2D eigenvalue weighted by Gasteiger charge is 2.27. The van der Waals surface area contributed by atoms with Gasteiger partial charge in [0.15, 0.2) is 0 Å². The summed E-state index contributed by atoms with van der Waals surface area (Å²) in [4.78, 5) is 0.0520. The fraction of sp³-hybridized carbons (Fsp3) is 0.600. The SMILES string of the molecule is COc1ccc(CO)cc1S(=O)(=O)NCC(C)(C)C(C)C. The number of methoxy groups -OCH3 is 1. The molecule has 1 aromatic rings. The number of benzene rings is 1. The molecule has 6 heteroatoms. The van der Waals surface area contributed by atoms with Crippen LogP contribution in [0, 0.1) is 11.3 Å². The van der Waals surface area contributed by atoms with E-state index >= 15 is 0 Å². The lowest BCUT2D eigenvalue weighted by molar-refractivity contribution is 0.252. The molecule has 2 N–H and O–H groups in total. The van der Waals surface area contributed by atoms with Crippen molar-refractivity contribution in [3.05, 3.63) is 23.8 Å². The van der Waals surface area contributed by atoms with Crippen LogP contribution >= 0.6 is 0 Å². The molecule has 5 nitrogen and oxygen atoms in total. The summed E-state index contributed by atoms with van der Waals surface area (Å²) in [5.74, 6) is 0.605. The van der Waals surface area contributed by atoms with E-state index < -0.39 is 10.0 Å². The van der Waals surface area contributed by atoms with Gasteiger partial charge in [-0.05, 0) is 29.0 Å². The van der Waals surface area contributed by atoms with Crippen molar-refractivity contribution in [2.24, 2.45) is 11.3 Å². The van der Waals surface area contributed by atoms with E-state index in [0.717, 1.165) is 0 Å². The van der Waals surface area contributed by atoms with Gasteiger partial charge in [0.1, 0.15) is 10.6 Å². The van der Waals surface area contributed by atoms with Crippen molar-refractivity contribution >= 4 is 10.0 Å². The smallest absolute Gasteiger partial charge is 0.244 e. The Hall–Kier alpha value is -1.11. The maximum Gasteiger partial charge on any atom is 0.244 e. The van der Waals surface area contributed by atoms with E-state index in [1.807, 2.05) is 13.8 Å². The molecule has 0 aliphatic rings. The van der Waals surface area contributed by atoms with Crippen LogP contribution in [0.3, 0.4) is 0 Å². The minimum Gasteiger partial charge on any atom is -0.495 e. The van der Waals surface area contributed by atoms with Gasteiger partial charge in [-0.1, -0.05) is 33.8 Å². The van der Waals surface area contributed by atoms with Gasteiger partial charge in [-0.2, -0.15) is 0 Å². The van der Waals surface area contributed by atoms with E-state index in [1.165, 1.54) is 13.2 Å². The summed E-state index contributed by atoms with van der Waals surface area (Å²) in [7, 11) is -2.27. The molecule has 0 fully saturated rings. The minimum atomic E-state index is -3.69. The Morgan fingerprint density at radius 2 is 1.95 bits per heavy atom. The van der Waals surface area contributed by atoms with Crippen molar-refractivity contribution in [1.29, 1.82) is 0 Å². The van der Waals surface area contributed by atoms with Crippen LogP contribution in [0.2, 0.25) is 0 Å². The Balaban J connectivity index is 3.08. The van der Waals surface area contributed by atoms with E-state index in [-0.39, 0.29) is 22.7 Å². The average Bonchev–Trinajstić information content (AvgIpc) is 2.44. The predicted molar refractivity (Wildman–Crippen MR) is 82.7 cm³/mol. The lowest BCUT2D eigenvalue weighted by Gasteiger charge is -2.29. The highest BCUT2D eigenvalue weighted by Crippen LogP contribution is 2.28. The maximum absolute atomic E-state index is 12.5. The zero-order chi connectivity index (χ0) is 16.3. The van der Waals surface area contributed by atoms with E-state index in [2.05, 4.69) is 18.6 Å². The van der Waals surface area contributed by atoms with Gasteiger partial charge in [0.05, 0.1) is 13.7 Å². The van der Waals surface area contributed by atoms with E-state index in [9.17, 15) is 8.42 Å². The van der Waals surface area contributed by atoms with Gasteiger partial charge in [-0.3, -0.25) is 0 Å². The number of hydrogen-bond donors (Lipinski definition) is 2. The summed E-state index contributed by atoms with van der Waals surface area (Å²) in [6.07, 6.45) is 0. The van der Waals surface area contributed by atoms with Crippen molar-refractivity contribution < 1.29 is 18.3 Å². The van der Waals surface area contributed by atoms with Gasteiger partial charge < -0.3 is 9.84 Å². The number of ether oxygens (including phenoxy) is 1. The first-order valence-electron chi connectivity index (χ1n) is 6.91. The number of rotatable bonds is 7. The Morgan fingerprint density at radius 3 is 2.43 bits per heavy atom. The predicted octanol–water partition coefficient (Wildman–Crippen LogP) is 2.15. The van der Waals surface area contributed by atoms with Crippen LogP contribution in [0.1, 0.15) is 33.3 Å². The number of sulfonamides is 1. The third kappa shape index (κ3) is 4.43. The van der Waals surface area contributed by atoms with Gasteiger partial charge in [0.2, 0.25) is 10.0 Å². The largest absolute Gasteiger partial charge is 0.495 e. The highest BCUT2D eigenvalue weighted by molar-refractivity contribution is 7.89. The van der Waals surface area contributed by atoms with Crippen LogP contribution in [0.4, 0.5) is 0 Å². The van der Waals surface area contributed by atoms with Crippen molar-refractivity contribution in [2.45, 2.75) is 39.2 Å². The standard InChI is InChI=1S/C15H25NO4S/c1-11(2)15(3,4)10-16-21(18,19)14-8-12(9-17)6-7-13(14)20-5/h6-8,11,16-17H,9-10H2,1-5H3. The maximum atomic E-state index is 12.5. The van der Waals surface area contributed by atoms with Crippen LogP contribution in [-0.4, -0.2) is 27.2 Å². The second kappa shape index (κ2) is 6.77. The normalized spacial score (nSPS) is 12.7. The van der Waals surface area contributed by atoms with Gasteiger partial charge in [0.25, 0.3) is 0 Å². The summed E-state index contributed by atoms with van der Waals surface area (Å²) in [5.41, 5.74) is 0.369. The second-order valence-electron chi connectivity index (χ2n) is 6.11. The summed E-state index contributed by atoms with van der Waals surface area (Å²) in [6, 6.07) is 4.62. The molecule has 0 radical (unpaired) electrons. The number of aliphatic hydroxyl groups excluding tert-OH is 1. The third-order valence-corrected chi connectivity index (χ3v) is 5.40. The minimum absolute atomic E-state index is 0.0520. The molecule has 0 saturated heterocycles. The molecule has 0 aliphatic heterocycles. The first-order valence-corrected chi connectivity index (χ1v) is 8.40. The van der Waals surface area contributed by atoms with Crippen LogP contribution < -0.4 is 9.46 Å². The summed E-state index contributed by atoms with van der Waals surface area (Å²) >= 11 is 0. The molecule has 21 heavy (non-hydrogen) atoms. The molecule has 0 bridgehead atoms. The molecule has 120 valence electrons. The monoisotopic (exact) mass is 315 g/mol. The first-order chi connectivity index (χ1) is 9.64. The van der Waals surface area contributed by atoms with E-state index in [0.29, 0.717) is 18.0 Å². The molecule has 0 atom stereocenters. The number of hydrogen-bond acceptors (Lipinski definition) is 4. The lowest BCUT2D eigenvalue weighted by atomic mass is 9.81. The number of aliphatic hydroxyl groups is 1. The van der Waals surface area contributed by atoms with E-state index in [4.69, 9.17) is 9.84 Å². The zero-order valence-corrected chi connectivity index (χ0v) is 14.1. The first kappa shape index (κ1) is 17.9. The van der Waals surface area contributed by atoms with Gasteiger partial charge in [0, 0.05) is 6.54 Å². The van der Waals surface area contributed by atoms with Crippen LogP contribution in [0.25, 0.3) is 0 Å². The fourth-order valence-electron chi connectivity index (χ4n) is 1.59. The Bertz CT molecular complexity index is 579. The summed E-state index contributed by atoms with van der Waals surface area (Å²) < 4.78 is 32.7. The molecular weight excluding hydrogens is 290 g/mol. The topological polar surface area (TPSA) is 75.6 Å². The number of nitrogens with one attached hydrogen (secondary N) is 1. The molecule has 0 amide bonds. The van der Waals surface area contributed by atoms with E-state index in [1.54, 1.807) is 12.1 Å². The molecule has 0 saturated carbocycles. The quantitative estimate of drug-likeness (QED) is 0.808. The van der Waals surface area contributed by atoms with Crippen molar-refractivity contribution in [2.75, 3.05) is 13.7 Å². The Kier molecular flexibility index (Phi) is 5.78. The summed E-state index contributed by atoms with van der Waals surface area (Å²) in [5, 5.41) is 9.17.